The molecule has 94 valence electrons. The van der Waals surface area contributed by atoms with Gasteiger partial charge in [0.15, 0.2) is 5.78 Å². The average molecular weight is 308 g/mol. The van der Waals surface area contributed by atoms with Gasteiger partial charge in [0.1, 0.15) is 0 Å². The van der Waals surface area contributed by atoms with Crippen LogP contribution in [0.25, 0.3) is 0 Å². The van der Waals surface area contributed by atoms with Crippen LogP contribution in [0.15, 0.2) is 0 Å². The Morgan fingerprint density at radius 2 is 1.88 bits per heavy atom. The lowest BCUT2D eigenvalue weighted by atomic mass is 10.1. The minimum atomic E-state index is -4.78. The van der Waals surface area contributed by atoms with Gasteiger partial charge in [0.2, 0.25) is 0 Å². The highest BCUT2D eigenvalue weighted by atomic mass is 79.9. The van der Waals surface area contributed by atoms with Gasteiger partial charge in [-0.15, -0.1) is 0 Å². The molecule has 0 rings (SSSR count). The van der Waals surface area contributed by atoms with Crippen LogP contribution >= 0.6 is 15.9 Å². The Labute approximate surface area is 97.7 Å². The second kappa shape index (κ2) is 6.17. The molecule has 0 aliphatic carbocycles. The van der Waals surface area contributed by atoms with Crippen molar-refractivity contribution in [2.45, 2.75) is 31.7 Å². The molecule has 0 bridgehead atoms. The number of rotatable bonds is 6. The Morgan fingerprint density at radius 3 is 2.19 bits per heavy atom. The first kappa shape index (κ1) is 15.3. The van der Waals surface area contributed by atoms with Gasteiger partial charge in [-0.2, -0.15) is 8.78 Å². The number of hydrogen-bond acceptors (Lipinski definition) is 2. The highest BCUT2D eigenvalue weighted by Gasteiger charge is 2.49. The van der Waals surface area contributed by atoms with E-state index in [1.54, 1.807) is 5.32 Å². The number of amides is 1. The smallest absolute Gasteiger partial charge is 0.341 e. The third-order valence-corrected chi connectivity index (χ3v) is 2.36. The molecule has 16 heavy (non-hydrogen) atoms. The molecule has 0 aromatic carbocycles. The average Bonchev–Trinajstić information content (AvgIpc) is 2.23. The zero-order valence-corrected chi connectivity index (χ0v) is 9.86. The lowest BCUT2D eigenvalue weighted by molar-refractivity contribution is -0.170. The first-order valence-corrected chi connectivity index (χ1v) is 5.45. The van der Waals surface area contributed by atoms with E-state index in [1.807, 2.05) is 0 Å². The maximum Gasteiger partial charge on any atom is 0.383 e. The number of Topliss-reactive ketones (excluding diaryl/α,β-unsaturated/α-hetero) is 1. The summed E-state index contributed by atoms with van der Waals surface area (Å²) in [5.74, 6) is -7.47. The summed E-state index contributed by atoms with van der Waals surface area (Å²) < 4.78 is 48.6. The van der Waals surface area contributed by atoms with E-state index in [0.717, 1.165) is 0 Å². The van der Waals surface area contributed by atoms with Gasteiger partial charge >= 0.3 is 12.3 Å². The van der Waals surface area contributed by atoms with E-state index in [1.165, 1.54) is 6.92 Å². The number of carbonyl (C=O) groups is 2. The number of alkyl halides is 5. The fraction of sp³-hybridized carbons (Fsp3) is 0.750. The van der Waals surface area contributed by atoms with Gasteiger partial charge < -0.3 is 5.32 Å². The molecule has 0 aromatic heterocycles. The van der Waals surface area contributed by atoms with Crippen molar-refractivity contribution in [2.24, 2.45) is 0 Å². The predicted molar refractivity (Wildman–Crippen MR) is 52.0 cm³/mol. The van der Waals surface area contributed by atoms with E-state index in [-0.39, 0.29) is 11.8 Å². The van der Waals surface area contributed by atoms with E-state index in [0.29, 0.717) is 0 Å². The quantitative estimate of drug-likeness (QED) is 0.600. The normalized spacial score (nSPS) is 13.7. The van der Waals surface area contributed by atoms with E-state index < -0.39 is 30.1 Å². The summed E-state index contributed by atoms with van der Waals surface area (Å²) in [6.07, 6.45) is -4.04. The van der Waals surface area contributed by atoms with Gasteiger partial charge in [-0.25, -0.2) is 8.78 Å². The molecule has 0 fully saturated rings. The molecule has 0 aliphatic heterocycles. The van der Waals surface area contributed by atoms with Crippen molar-refractivity contribution in [3.8, 4) is 0 Å². The van der Waals surface area contributed by atoms with Crippen LogP contribution in [0.5, 0.6) is 0 Å². The monoisotopic (exact) mass is 307 g/mol. The molecule has 0 aromatic rings. The molecule has 1 atom stereocenters. The molecule has 0 saturated heterocycles. The highest BCUT2D eigenvalue weighted by Crippen LogP contribution is 2.23. The largest absolute Gasteiger partial charge is 0.383 e. The van der Waals surface area contributed by atoms with E-state index >= 15 is 0 Å². The number of carbonyl (C=O) groups excluding carboxylic acids is 2. The minimum absolute atomic E-state index is 0.0511. The Balaban J connectivity index is 4.59. The summed E-state index contributed by atoms with van der Waals surface area (Å²) in [5, 5.41) is 1.44. The first-order chi connectivity index (χ1) is 7.27. The van der Waals surface area contributed by atoms with Crippen LogP contribution in [0, 0.1) is 0 Å². The molecule has 1 unspecified atom stereocenters. The summed E-state index contributed by atoms with van der Waals surface area (Å²) in [6.45, 7) is 1.46. The van der Waals surface area contributed by atoms with Crippen molar-refractivity contribution in [2.75, 3.05) is 5.33 Å². The Morgan fingerprint density at radius 1 is 1.38 bits per heavy atom. The minimum Gasteiger partial charge on any atom is -0.341 e. The number of nitrogens with one attached hydrogen (secondary N) is 1. The zero-order chi connectivity index (χ0) is 12.9. The molecular weight excluding hydrogens is 298 g/mol. The third kappa shape index (κ3) is 3.73. The standard InChI is InChI=1S/C8H10BrF4NO2/c1-2-4(5(15)3-9)14-7(16)8(12,13)6(10)11/h4,6H,2-3H2,1H3,(H,14,16). The molecule has 3 nitrogen and oxygen atoms in total. The fourth-order valence-electron chi connectivity index (χ4n) is 0.857. The van der Waals surface area contributed by atoms with Crippen molar-refractivity contribution in [3.05, 3.63) is 0 Å². The van der Waals surface area contributed by atoms with Crippen LogP contribution in [-0.4, -0.2) is 35.4 Å². The second-order valence-electron chi connectivity index (χ2n) is 2.96. The second-order valence-corrected chi connectivity index (χ2v) is 3.52. The molecule has 0 saturated carbocycles. The van der Waals surface area contributed by atoms with Crippen molar-refractivity contribution in [3.63, 3.8) is 0 Å². The van der Waals surface area contributed by atoms with E-state index in [4.69, 9.17) is 0 Å². The van der Waals surface area contributed by atoms with Gasteiger partial charge in [-0.1, -0.05) is 22.9 Å². The van der Waals surface area contributed by atoms with Crippen LogP contribution in [0.2, 0.25) is 0 Å². The van der Waals surface area contributed by atoms with Crippen molar-refractivity contribution in [1.29, 1.82) is 0 Å². The maximum atomic E-state index is 12.5. The topological polar surface area (TPSA) is 46.2 Å². The van der Waals surface area contributed by atoms with Gasteiger partial charge in [0.05, 0.1) is 11.4 Å². The molecule has 0 aliphatic rings. The lowest BCUT2D eigenvalue weighted by Gasteiger charge is -2.19. The Kier molecular flexibility index (Phi) is 5.91. The predicted octanol–water partition coefficient (Wildman–Crippen LogP) is 1.75. The first-order valence-electron chi connectivity index (χ1n) is 4.32. The van der Waals surface area contributed by atoms with Gasteiger partial charge in [0.25, 0.3) is 5.91 Å². The third-order valence-electron chi connectivity index (χ3n) is 1.81. The number of ketones is 1. The maximum absolute atomic E-state index is 12.5. The summed E-state index contributed by atoms with van der Waals surface area (Å²) >= 11 is 2.79. The number of halogens is 5. The SMILES string of the molecule is CCC(NC(=O)C(F)(F)C(F)F)C(=O)CBr. The fourth-order valence-corrected chi connectivity index (χ4v) is 1.25. The molecule has 0 heterocycles. The highest BCUT2D eigenvalue weighted by molar-refractivity contribution is 9.09. The van der Waals surface area contributed by atoms with Crippen molar-refractivity contribution >= 4 is 27.6 Å². The molecule has 0 spiro atoms. The molecule has 1 N–H and O–H groups in total. The summed E-state index contributed by atoms with van der Waals surface area (Å²) in [7, 11) is 0. The molecule has 1 amide bonds. The Bertz CT molecular complexity index is 273. The van der Waals surface area contributed by atoms with Crippen LogP contribution in [0.4, 0.5) is 17.6 Å². The van der Waals surface area contributed by atoms with Crippen LogP contribution in [-0.2, 0) is 9.59 Å². The van der Waals surface area contributed by atoms with Crippen molar-refractivity contribution < 1.29 is 27.2 Å². The molecular formula is C8H10BrF4NO2. The summed E-state index contributed by atoms with van der Waals surface area (Å²) in [4.78, 5) is 21.9. The summed E-state index contributed by atoms with van der Waals surface area (Å²) in [5.41, 5.74) is 0. The van der Waals surface area contributed by atoms with Gasteiger partial charge in [-0.3, -0.25) is 9.59 Å². The summed E-state index contributed by atoms with van der Waals surface area (Å²) in [6, 6.07) is -1.18. The van der Waals surface area contributed by atoms with E-state index in [9.17, 15) is 27.2 Å². The van der Waals surface area contributed by atoms with Crippen LogP contribution < -0.4 is 5.32 Å². The Hall–Kier alpha value is -0.660. The number of hydrogen-bond donors (Lipinski definition) is 1. The molecule has 0 radical (unpaired) electrons. The van der Waals surface area contributed by atoms with Gasteiger partial charge in [0, 0.05) is 0 Å². The van der Waals surface area contributed by atoms with Crippen molar-refractivity contribution in [1.82, 2.24) is 5.32 Å². The van der Waals surface area contributed by atoms with Crippen LogP contribution in [0.3, 0.4) is 0 Å². The lowest BCUT2D eigenvalue weighted by Crippen LogP contribution is -2.51. The van der Waals surface area contributed by atoms with Gasteiger partial charge in [-0.05, 0) is 6.42 Å². The zero-order valence-electron chi connectivity index (χ0n) is 8.28. The molecule has 8 heteroatoms. The van der Waals surface area contributed by atoms with Crippen LogP contribution in [0.1, 0.15) is 13.3 Å². The van der Waals surface area contributed by atoms with E-state index in [2.05, 4.69) is 15.9 Å².